The molecule has 1 aromatic rings. The Bertz CT molecular complexity index is 445. The van der Waals surface area contributed by atoms with Gasteiger partial charge in [-0.3, -0.25) is 0 Å². The summed E-state index contributed by atoms with van der Waals surface area (Å²) in [6.07, 6.45) is 4.28. The summed E-state index contributed by atoms with van der Waals surface area (Å²) in [7, 11) is 0. The molecular formula is C22H38O. The Morgan fingerprint density at radius 1 is 0.783 bits per heavy atom. The lowest BCUT2D eigenvalue weighted by atomic mass is 9.81. The molecule has 0 aromatic heterocycles. The molecule has 1 heteroatoms. The van der Waals surface area contributed by atoms with Crippen molar-refractivity contribution in [2.24, 2.45) is 22.7 Å². The Labute approximate surface area is 144 Å². The second kappa shape index (κ2) is 7.73. The van der Waals surface area contributed by atoms with Gasteiger partial charge in [-0.05, 0) is 59.5 Å². The van der Waals surface area contributed by atoms with Crippen molar-refractivity contribution in [3.8, 4) is 5.75 Å². The molecule has 2 atom stereocenters. The van der Waals surface area contributed by atoms with Crippen LogP contribution in [0, 0.1) is 22.7 Å². The van der Waals surface area contributed by atoms with Crippen molar-refractivity contribution in [3.63, 3.8) is 0 Å². The zero-order chi connectivity index (χ0) is 17.8. The summed E-state index contributed by atoms with van der Waals surface area (Å²) >= 11 is 0. The maximum Gasteiger partial charge on any atom is 0.121 e. The van der Waals surface area contributed by atoms with E-state index in [1.807, 2.05) is 0 Å². The van der Waals surface area contributed by atoms with Crippen LogP contribution >= 0.6 is 0 Å². The van der Waals surface area contributed by atoms with Gasteiger partial charge in [0.05, 0.1) is 0 Å². The molecule has 0 aliphatic rings. The SMILES string of the molecule is CC(Cc1cccc(CC(C)CC(C)(C)C)c1O)CC(C)(C)C. The van der Waals surface area contributed by atoms with Crippen LogP contribution in [0.4, 0.5) is 0 Å². The molecule has 23 heavy (non-hydrogen) atoms. The molecule has 2 unspecified atom stereocenters. The monoisotopic (exact) mass is 318 g/mol. The van der Waals surface area contributed by atoms with Crippen molar-refractivity contribution < 1.29 is 5.11 Å². The lowest BCUT2D eigenvalue weighted by Gasteiger charge is -2.25. The van der Waals surface area contributed by atoms with E-state index in [0.717, 1.165) is 24.0 Å². The number of para-hydroxylation sites is 1. The highest BCUT2D eigenvalue weighted by atomic mass is 16.3. The first kappa shape index (κ1) is 20.1. The Hall–Kier alpha value is -0.980. The van der Waals surface area contributed by atoms with Crippen molar-refractivity contribution in [2.75, 3.05) is 0 Å². The van der Waals surface area contributed by atoms with Gasteiger partial charge in [-0.2, -0.15) is 0 Å². The van der Waals surface area contributed by atoms with E-state index in [-0.39, 0.29) is 0 Å². The van der Waals surface area contributed by atoms with Crippen molar-refractivity contribution >= 4 is 0 Å². The molecule has 0 spiro atoms. The summed E-state index contributed by atoms with van der Waals surface area (Å²) in [5.74, 6) is 1.71. The van der Waals surface area contributed by atoms with Crippen LogP contribution in [-0.4, -0.2) is 5.11 Å². The van der Waals surface area contributed by atoms with Crippen molar-refractivity contribution in [2.45, 2.75) is 81.1 Å². The highest BCUT2D eigenvalue weighted by Crippen LogP contribution is 2.33. The summed E-state index contributed by atoms with van der Waals surface area (Å²) in [6.45, 7) is 18.3. The number of aromatic hydroxyl groups is 1. The first-order valence-corrected chi connectivity index (χ1v) is 9.17. The summed E-state index contributed by atoms with van der Waals surface area (Å²) in [4.78, 5) is 0. The van der Waals surface area contributed by atoms with Gasteiger partial charge in [0, 0.05) is 0 Å². The number of phenolic OH excluding ortho intramolecular Hbond substituents is 1. The lowest BCUT2D eigenvalue weighted by molar-refractivity contribution is 0.301. The molecule has 1 rings (SSSR count). The molecule has 0 aliphatic carbocycles. The molecule has 1 N–H and O–H groups in total. The molecule has 0 aliphatic heterocycles. The number of rotatable bonds is 6. The van der Waals surface area contributed by atoms with Gasteiger partial charge in [-0.15, -0.1) is 0 Å². The molecular weight excluding hydrogens is 280 g/mol. The second-order valence-electron chi connectivity index (χ2n) is 10.1. The van der Waals surface area contributed by atoms with E-state index in [1.54, 1.807) is 0 Å². The molecule has 0 amide bonds. The van der Waals surface area contributed by atoms with Crippen molar-refractivity contribution in [1.82, 2.24) is 0 Å². The predicted octanol–water partition coefficient (Wildman–Crippen LogP) is 6.62. The minimum Gasteiger partial charge on any atom is -0.507 e. The van der Waals surface area contributed by atoms with Crippen LogP contribution in [0.15, 0.2) is 18.2 Å². The van der Waals surface area contributed by atoms with Gasteiger partial charge >= 0.3 is 0 Å². The third kappa shape index (κ3) is 7.90. The molecule has 0 saturated heterocycles. The second-order valence-corrected chi connectivity index (χ2v) is 10.1. The first-order chi connectivity index (χ1) is 10.4. The number of benzene rings is 1. The average molecular weight is 319 g/mol. The first-order valence-electron chi connectivity index (χ1n) is 9.17. The van der Waals surface area contributed by atoms with E-state index >= 15 is 0 Å². The summed E-state index contributed by atoms with van der Waals surface area (Å²) < 4.78 is 0. The lowest BCUT2D eigenvalue weighted by Crippen LogP contribution is -2.14. The molecule has 1 nitrogen and oxygen atoms in total. The van der Waals surface area contributed by atoms with Gasteiger partial charge in [-0.1, -0.05) is 73.6 Å². The van der Waals surface area contributed by atoms with Crippen LogP contribution < -0.4 is 0 Å². The number of hydrogen-bond acceptors (Lipinski definition) is 1. The Kier molecular flexibility index (Phi) is 6.74. The van der Waals surface area contributed by atoms with E-state index in [2.05, 4.69) is 73.6 Å². The summed E-state index contributed by atoms with van der Waals surface area (Å²) in [5, 5.41) is 10.7. The van der Waals surface area contributed by atoms with Crippen LogP contribution in [0.1, 0.15) is 79.4 Å². The molecule has 132 valence electrons. The zero-order valence-electron chi connectivity index (χ0n) is 16.7. The standard InChI is InChI=1S/C22H38O/c1-16(14-21(3,4)5)12-18-10-9-11-19(20(18)23)13-17(2)15-22(6,7)8/h9-11,16-17,23H,12-15H2,1-8H3. The molecule has 0 saturated carbocycles. The van der Waals surface area contributed by atoms with Crippen LogP contribution in [0.2, 0.25) is 0 Å². The summed E-state index contributed by atoms with van der Waals surface area (Å²) in [5.41, 5.74) is 2.91. The van der Waals surface area contributed by atoms with Crippen molar-refractivity contribution in [1.29, 1.82) is 0 Å². The van der Waals surface area contributed by atoms with Gasteiger partial charge in [0.1, 0.15) is 5.75 Å². The van der Waals surface area contributed by atoms with Gasteiger partial charge in [0.15, 0.2) is 0 Å². The maximum absolute atomic E-state index is 10.7. The minimum absolute atomic E-state index is 0.341. The molecule has 0 bridgehead atoms. The Morgan fingerprint density at radius 2 is 1.13 bits per heavy atom. The fourth-order valence-corrected chi connectivity index (χ4v) is 3.96. The molecule has 1 aromatic carbocycles. The highest BCUT2D eigenvalue weighted by Gasteiger charge is 2.19. The van der Waals surface area contributed by atoms with E-state index < -0.39 is 0 Å². The van der Waals surface area contributed by atoms with Crippen LogP contribution in [-0.2, 0) is 12.8 Å². The van der Waals surface area contributed by atoms with E-state index in [4.69, 9.17) is 0 Å². The van der Waals surface area contributed by atoms with Gasteiger partial charge in [0.25, 0.3) is 0 Å². The fourth-order valence-electron chi connectivity index (χ4n) is 3.96. The smallest absolute Gasteiger partial charge is 0.121 e. The third-order valence-electron chi connectivity index (χ3n) is 4.26. The Balaban J connectivity index is 2.78. The van der Waals surface area contributed by atoms with Gasteiger partial charge < -0.3 is 5.11 Å². The van der Waals surface area contributed by atoms with Crippen LogP contribution in [0.3, 0.4) is 0 Å². The minimum atomic E-state index is 0.341. The number of phenols is 1. The quantitative estimate of drug-likeness (QED) is 0.624. The van der Waals surface area contributed by atoms with E-state index in [0.29, 0.717) is 28.4 Å². The van der Waals surface area contributed by atoms with E-state index in [9.17, 15) is 5.11 Å². The fraction of sp³-hybridized carbons (Fsp3) is 0.727. The highest BCUT2D eigenvalue weighted by molar-refractivity contribution is 5.40. The van der Waals surface area contributed by atoms with Crippen molar-refractivity contribution in [3.05, 3.63) is 29.3 Å². The molecule has 0 fully saturated rings. The average Bonchev–Trinajstić information content (AvgIpc) is 2.29. The van der Waals surface area contributed by atoms with Gasteiger partial charge in [0.2, 0.25) is 0 Å². The van der Waals surface area contributed by atoms with Gasteiger partial charge in [-0.25, -0.2) is 0 Å². The van der Waals surface area contributed by atoms with Crippen LogP contribution in [0.25, 0.3) is 0 Å². The molecule has 0 heterocycles. The van der Waals surface area contributed by atoms with Crippen LogP contribution in [0.5, 0.6) is 5.75 Å². The largest absolute Gasteiger partial charge is 0.507 e. The van der Waals surface area contributed by atoms with E-state index in [1.165, 1.54) is 12.8 Å². The predicted molar refractivity (Wildman–Crippen MR) is 102 cm³/mol. The maximum atomic E-state index is 10.7. The topological polar surface area (TPSA) is 20.2 Å². The Morgan fingerprint density at radius 3 is 1.43 bits per heavy atom. The normalized spacial score (nSPS) is 15.5. The number of hydrogen-bond donors (Lipinski definition) is 1. The third-order valence-corrected chi connectivity index (χ3v) is 4.26. The molecule has 0 radical (unpaired) electrons. The zero-order valence-corrected chi connectivity index (χ0v) is 16.7. The summed E-state index contributed by atoms with van der Waals surface area (Å²) in [6, 6.07) is 6.29.